The van der Waals surface area contributed by atoms with Crippen LogP contribution < -0.4 is 4.90 Å². The molecule has 10 nitrogen and oxygen atoms in total. The fraction of sp³-hybridized carbons (Fsp3) is 0.412. The van der Waals surface area contributed by atoms with Crippen molar-refractivity contribution in [3.63, 3.8) is 0 Å². The van der Waals surface area contributed by atoms with Gasteiger partial charge in [0.2, 0.25) is 0 Å². The Labute approximate surface area is 156 Å². The van der Waals surface area contributed by atoms with Gasteiger partial charge in [-0.2, -0.15) is 10.2 Å². The molecule has 1 aliphatic rings. The van der Waals surface area contributed by atoms with Crippen LogP contribution in [0.25, 0.3) is 5.82 Å². The average molecular weight is 367 g/mol. The first kappa shape index (κ1) is 17.1. The van der Waals surface area contributed by atoms with Gasteiger partial charge in [0.1, 0.15) is 24.8 Å². The molecule has 1 saturated heterocycles. The van der Waals surface area contributed by atoms with Crippen molar-refractivity contribution in [2.75, 3.05) is 31.1 Å². The molecule has 3 aromatic rings. The Kier molecular flexibility index (Phi) is 4.30. The van der Waals surface area contributed by atoms with E-state index in [0.717, 1.165) is 17.2 Å². The van der Waals surface area contributed by atoms with E-state index in [9.17, 15) is 4.79 Å². The first-order valence-corrected chi connectivity index (χ1v) is 8.76. The Hall–Kier alpha value is -3.30. The highest BCUT2D eigenvalue weighted by Gasteiger charge is 2.27. The lowest BCUT2D eigenvalue weighted by molar-refractivity contribution is 0.0745. The summed E-state index contributed by atoms with van der Waals surface area (Å²) in [5.74, 6) is 1.53. The summed E-state index contributed by atoms with van der Waals surface area (Å²) in [5.41, 5.74) is 2.38. The lowest BCUT2D eigenvalue weighted by Gasteiger charge is -2.35. The molecule has 1 aliphatic heterocycles. The molecule has 0 radical (unpaired) electrons. The number of nitrogens with zero attached hydrogens (tertiary/aromatic N) is 9. The third-order valence-electron chi connectivity index (χ3n) is 4.91. The van der Waals surface area contributed by atoms with E-state index in [1.807, 2.05) is 31.9 Å². The SMILES string of the molecule is Cc1nn(C)c(C)c1C(=O)N1CCN(c2cc(-n3cncn3)ncn2)CC1. The monoisotopic (exact) mass is 367 g/mol. The third kappa shape index (κ3) is 3.14. The number of amides is 1. The molecule has 0 spiro atoms. The topological polar surface area (TPSA) is 97.9 Å². The van der Waals surface area contributed by atoms with Crippen LogP contribution in [0, 0.1) is 13.8 Å². The van der Waals surface area contributed by atoms with Gasteiger partial charge in [-0.15, -0.1) is 0 Å². The summed E-state index contributed by atoms with van der Waals surface area (Å²) in [5, 5.41) is 8.45. The summed E-state index contributed by atoms with van der Waals surface area (Å²) in [6.45, 7) is 6.49. The van der Waals surface area contributed by atoms with Crippen LogP contribution in [0.15, 0.2) is 25.0 Å². The lowest BCUT2D eigenvalue weighted by Crippen LogP contribution is -2.49. The molecule has 4 rings (SSSR count). The molecule has 0 aliphatic carbocycles. The first-order chi connectivity index (χ1) is 13.0. The first-order valence-electron chi connectivity index (χ1n) is 8.76. The number of aromatic nitrogens is 7. The van der Waals surface area contributed by atoms with E-state index in [1.165, 1.54) is 12.7 Å². The molecule has 1 amide bonds. The van der Waals surface area contributed by atoms with Crippen molar-refractivity contribution in [2.45, 2.75) is 13.8 Å². The van der Waals surface area contributed by atoms with Gasteiger partial charge in [0.05, 0.1) is 11.3 Å². The molecule has 0 N–H and O–H groups in total. The highest BCUT2D eigenvalue weighted by molar-refractivity contribution is 5.96. The Morgan fingerprint density at radius 3 is 2.41 bits per heavy atom. The molecule has 4 heterocycles. The molecule has 140 valence electrons. The van der Waals surface area contributed by atoms with Gasteiger partial charge >= 0.3 is 0 Å². The number of hydrogen-bond donors (Lipinski definition) is 0. The second-order valence-electron chi connectivity index (χ2n) is 6.52. The summed E-state index contributed by atoms with van der Waals surface area (Å²) in [4.78, 5) is 29.5. The molecule has 0 atom stereocenters. The average Bonchev–Trinajstić information content (AvgIpc) is 3.30. The fourth-order valence-corrected chi connectivity index (χ4v) is 3.34. The highest BCUT2D eigenvalue weighted by atomic mass is 16.2. The van der Waals surface area contributed by atoms with Crippen LogP contribution in [0.2, 0.25) is 0 Å². The summed E-state index contributed by atoms with van der Waals surface area (Å²) < 4.78 is 3.35. The van der Waals surface area contributed by atoms with Crippen LogP contribution in [0.4, 0.5) is 5.82 Å². The minimum atomic E-state index is 0.0451. The number of carbonyl (C=O) groups excluding carboxylic acids is 1. The van der Waals surface area contributed by atoms with Crippen molar-refractivity contribution in [3.8, 4) is 5.82 Å². The fourth-order valence-electron chi connectivity index (χ4n) is 3.34. The van der Waals surface area contributed by atoms with E-state index in [-0.39, 0.29) is 5.91 Å². The van der Waals surface area contributed by atoms with Crippen molar-refractivity contribution >= 4 is 11.7 Å². The maximum absolute atomic E-state index is 12.9. The maximum atomic E-state index is 12.9. The van der Waals surface area contributed by atoms with Gasteiger partial charge in [0, 0.05) is 45.0 Å². The van der Waals surface area contributed by atoms with Gasteiger partial charge in [0.15, 0.2) is 5.82 Å². The number of piperazine rings is 1. The minimum absolute atomic E-state index is 0.0451. The van der Waals surface area contributed by atoms with Crippen molar-refractivity contribution in [3.05, 3.63) is 42.0 Å². The van der Waals surface area contributed by atoms with Gasteiger partial charge < -0.3 is 9.80 Å². The number of aryl methyl sites for hydroxylation is 2. The van der Waals surface area contributed by atoms with Crippen LogP contribution >= 0.6 is 0 Å². The Balaban J connectivity index is 1.46. The molecule has 0 saturated carbocycles. The number of anilines is 1. The van der Waals surface area contributed by atoms with E-state index in [0.29, 0.717) is 37.6 Å². The Bertz CT molecular complexity index is 955. The zero-order valence-corrected chi connectivity index (χ0v) is 15.6. The second kappa shape index (κ2) is 6.78. The quantitative estimate of drug-likeness (QED) is 0.660. The van der Waals surface area contributed by atoms with E-state index < -0.39 is 0 Å². The molecular weight excluding hydrogens is 346 g/mol. The normalized spacial score (nSPS) is 14.6. The van der Waals surface area contributed by atoms with Gasteiger partial charge in [-0.25, -0.2) is 19.6 Å². The molecule has 10 heteroatoms. The van der Waals surface area contributed by atoms with Gasteiger partial charge in [-0.3, -0.25) is 9.48 Å². The van der Waals surface area contributed by atoms with Crippen LogP contribution in [0.3, 0.4) is 0 Å². The number of hydrogen-bond acceptors (Lipinski definition) is 7. The summed E-state index contributed by atoms with van der Waals surface area (Å²) in [7, 11) is 1.86. The highest BCUT2D eigenvalue weighted by Crippen LogP contribution is 2.19. The van der Waals surface area contributed by atoms with Crippen LogP contribution in [-0.2, 0) is 7.05 Å². The van der Waals surface area contributed by atoms with E-state index in [2.05, 4.69) is 30.0 Å². The summed E-state index contributed by atoms with van der Waals surface area (Å²) in [6, 6.07) is 1.88. The van der Waals surface area contributed by atoms with Gasteiger partial charge in [-0.05, 0) is 13.8 Å². The molecule has 1 fully saturated rings. The van der Waals surface area contributed by atoms with Gasteiger partial charge in [-0.1, -0.05) is 0 Å². The van der Waals surface area contributed by atoms with Crippen molar-refractivity contribution in [1.29, 1.82) is 0 Å². The maximum Gasteiger partial charge on any atom is 0.257 e. The molecule has 27 heavy (non-hydrogen) atoms. The van der Waals surface area contributed by atoms with Crippen LogP contribution in [0.1, 0.15) is 21.7 Å². The van der Waals surface area contributed by atoms with E-state index >= 15 is 0 Å². The summed E-state index contributed by atoms with van der Waals surface area (Å²) in [6.07, 6.45) is 4.59. The minimum Gasteiger partial charge on any atom is -0.353 e. The molecule has 0 aromatic carbocycles. The summed E-state index contributed by atoms with van der Waals surface area (Å²) >= 11 is 0. The molecule has 0 unspecified atom stereocenters. The Morgan fingerprint density at radius 2 is 1.78 bits per heavy atom. The van der Waals surface area contributed by atoms with Crippen molar-refractivity contribution in [2.24, 2.45) is 7.05 Å². The standard InChI is InChI=1S/C17H21N9O/c1-12-16(13(2)23(3)22-12)17(27)25-6-4-24(5-7-25)14-8-15(20-10-19-14)26-11-18-9-21-26/h8-11H,4-7H2,1-3H3. The smallest absolute Gasteiger partial charge is 0.257 e. The van der Waals surface area contributed by atoms with E-state index in [4.69, 9.17) is 0 Å². The second-order valence-corrected chi connectivity index (χ2v) is 6.52. The zero-order valence-electron chi connectivity index (χ0n) is 15.6. The molecule has 0 bridgehead atoms. The lowest BCUT2D eigenvalue weighted by atomic mass is 10.1. The van der Waals surface area contributed by atoms with Crippen molar-refractivity contribution in [1.82, 2.24) is 39.4 Å². The van der Waals surface area contributed by atoms with Crippen LogP contribution in [-0.4, -0.2) is 71.5 Å². The van der Waals surface area contributed by atoms with Crippen molar-refractivity contribution < 1.29 is 4.79 Å². The zero-order chi connectivity index (χ0) is 19.0. The molecular formula is C17H21N9O. The largest absolute Gasteiger partial charge is 0.353 e. The number of carbonyl (C=O) groups is 1. The predicted molar refractivity (Wildman–Crippen MR) is 97.7 cm³/mol. The number of rotatable bonds is 3. The Morgan fingerprint density at radius 1 is 1.04 bits per heavy atom. The van der Waals surface area contributed by atoms with Gasteiger partial charge in [0.25, 0.3) is 5.91 Å². The molecule has 3 aromatic heterocycles. The van der Waals surface area contributed by atoms with E-state index in [1.54, 1.807) is 15.7 Å². The van der Waals surface area contributed by atoms with Crippen LogP contribution in [0.5, 0.6) is 0 Å². The predicted octanol–water partition coefficient (Wildman–Crippen LogP) is 0.370. The third-order valence-corrected chi connectivity index (χ3v) is 4.91.